The predicted octanol–water partition coefficient (Wildman–Crippen LogP) is 1.47. The first-order valence-electron chi connectivity index (χ1n) is 5.67. The van der Waals surface area contributed by atoms with E-state index in [0.717, 1.165) is 0 Å². The standard InChI is InChI=1S/C11H11N5O2S/c1-2-16-9(17)14-15-10(16)19-11-13-8-6(12)4-3-5-7(8)18-11/h3-5H,2,12H2,1H3,(H,14,17). The lowest BCUT2D eigenvalue weighted by Gasteiger charge is -1.97. The fourth-order valence-corrected chi connectivity index (χ4v) is 2.57. The molecule has 0 amide bonds. The Morgan fingerprint density at radius 2 is 2.37 bits per heavy atom. The predicted molar refractivity (Wildman–Crippen MR) is 71.1 cm³/mol. The van der Waals surface area contributed by atoms with Gasteiger partial charge in [-0.1, -0.05) is 6.07 Å². The van der Waals surface area contributed by atoms with Crippen LogP contribution < -0.4 is 11.4 Å². The number of nitrogens with zero attached hydrogens (tertiary/aromatic N) is 3. The zero-order chi connectivity index (χ0) is 13.4. The van der Waals surface area contributed by atoms with Gasteiger partial charge in [0.05, 0.1) is 5.69 Å². The molecule has 3 aromatic rings. The number of rotatable bonds is 3. The van der Waals surface area contributed by atoms with E-state index in [4.69, 9.17) is 10.2 Å². The third-order valence-electron chi connectivity index (χ3n) is 2.65. The summed E-state index contributed by atoms with van der Waals surface area (Å²) in [5.41, 5.74) is 7.35. The summed E-state index contributed by atoms with van der Waals surface area (Å²) in [5.74, 6) is 0. The molecule has 0 atom stereocenters. The molecule has 0 radical (unpaired) electrons. The van der Waals surface area contributed by atoms with Crippen molar-refractivity contribution in [2.24, 2.45) is 0 Å². The van der Waals surface area contributed by atoms with Crippen molar-refractivity contribution in [3.8, 4) is 0 Å². The Morgan fingerprint density at radius 1 is 1.53 bits per heavy atom. The first kappa shape index (κ1) is 11.8. The van der Waals surface area contributed by atoms with Gasteiger partial charge in [0.15, 0.2) is 5.58 Å². The number of nitrogen functional groups attached to an aromatic ring is 1. The Labute approximate surface area is 111 Å². The zero-order valence-electron chi connectivity index (χ0n) is 10.1. The Kier molecular flexibility index (Phi) is 2.79. The molecule has 0 fully saturated rings. The summed E-state index contributed by atoms with van der Waals surface area (Å²) in [6, 6.07) is 5.35. The smallest absolute Gasteiger partial charge is 0.343 e. The molecule has 0 saturated carbocycles. The monoisotopic (exact) mass is 277 g/mol. The fraction of sp³-hybridized carbons (Fsp3) is 0.182. The number of hydrogen-bond acceptors (Lipinski definition) is 6. The van der Waals surface area contributed by atoms with Crippen LogP contribution in [0, 0.1) is 0 Å². The number of aromatic nitrogens is 4. The number of benzene rings is 1. The second-order valence-electron chi connectivity index (χ2n) is 3.83. The van der Waals surface area contributed by atoms with Crippen molar-refractivity contribution >= 4 is 28.5 Å². The van der Waals surface area contributed by atoms with Crippen LogP contribution in [-0.2, 0) is 6.54 Å². The van der Waals surface area contributed by atoms with E-state index < -0.39 is 0 Å². The third-order valence-corrected chi connectivity index (χ3v) is 3.49. The fourth-order valence-electron chi connectivity index (χ4n) is 1.73. The molecule has 2 heterocycles. The molecule has 19 heavy (non-hydrogen) atoms. The maximum Gasteiger partial charge on any atom is 0.343 e. The highest BCUT2D eigenvalue weighted by Gasteiger charge is 2.14. The van der Waals surface area contributed by atoms with Gasteiger partial charge in [-0.3, -0.25) is 4.57 Å². The van der Waals surface area contributed by atoms with Crippen molar-refractivity contribution in [2.45, 2.75) is 23.8 Å². The van der Waals surface area contributed by atoms with Crippen LogP contribution >= 0.6 is 11.8 Å². The number of H-pyrrole nitrogens is 1. The molecule has 2 aromatic heterocycles. The molecule has 0 aliphatic rings. The van der Waals surface area contributed by atoms with E-state index in [-0.39, 0.29) is 5.69 Å². The molecule has 8 heteroatoms. The number of nitrogens with two attached hydrogens (primary N) is 1. The number of nitrogens with one attached hydrogen (secondary N) is 1. The second kappa shape index (κ2) is 4.47. The van der Waals surface area contributed by atoms with Crippen LogP contribution in [0.4, 0.5) is 5.69 Å². The van der Waals surface area contributed by atoms with Crippen LogP contribution in [0.2, 0.25) is 0 Å². The Hall–Kier alpha value is -2.22. The summed E-state index contributed by atoms with van der Waals surface area (Å²) in [5, 5.41) is 7.24. The molecular formula is C11H11N5O2S. The Bertz CT molecular complexity index is 788. The van der Waals surface area contributed by atoms with Gasteiger partial charge in [0.25, 0.3) is 5.22 Å². The van der Waals surface area contributed by atoms with E-state index in [2.05, 4.69) is 15.2 Å². The van der Waals surface area contributed by atoms with Gasteiger partial charge in [0, 0.05) is 18.3 Å². The number of oxazole rings is 1. The number of anilines is 1. The molecule has 0 aliphatic carbocycles. The summed E-state index contributed by atoms with van der Waals surface area (Å²) < 4.78 is 7.07. The van der Waals surface area contributed by atoms with Crippen LogP contribution in [0.1, 0.15) is 6.92 Å². The molecule has 0 saturated heterocycles. The van der Waals surface area contributed by atoms with E-state index in [1.54, 1.807) is 18.2 Å². The van der Waals surface area contributed by atoms with Crippen molar-refractivity contribution in [1.29, 1.82) is 0 Å². The van der Waals surface area contributed by atoms with Crippen LogP contribution in [0.15, 0.2) is 37.8 Å². The van der Waals surface area contributed by atoms with E-state index in [9.17, 15) is 4.79 Å². The first-order chi connectivity index (χ1) is 9.19. The zero-order valence-corrected chi connectivity index (χ0v) is 10.9. The number of hydrogen-bond donors (Lipinski definition) is 2. The van der Waals surface area contributed by atoms with Gasteiger partial charge >= 0.3 is 5.69 Å². The van der Waals surface area contributed by atoms with Crippen LogP contribution in [0.25, 0.3) is 11.1 Å². The van der Waals surface area contributed by atoms with E-state index in [1.165, 1.54) is 16.3 Å². The van der Waals surface area contributed by atoms with Crippen molar-refractivity contribution in [3.05, 3.63) is 28.7 Å². The highest BCUT2D eigenvalue weighted by molar-refractivity contribution is 7.99. The van der Waals surface area contributed by atoms with Crippen molar-refractivity contribution in [3.63, 3.8) is 0 Å². The molecule has 3 rings (SSSR count). The summed E-state index contributed by atoms with van der Waals surface area (Å²) >= 11 is 1.18. The Morgan fingerprint density at radius 3 is 3.11 bits per heavy atom. The lowest BCUT2D eigenvalue weighted by Crippen LogP contribution is -2.15. The first-order valence-corrected chi connectivity index (χ1v) is 6.48. The normalized spacial score (nSPS) is 11.2. The molecule has 0 unspecified atom stereocenters. The topological polar surface area (TPSA) is 103 Å². The highest BCUT2D eigenvalue weighted by Crippen LogP contribution is 2.29. The minimum Gasteiger partial charge on any atom is -0.431 e. The molecule has 3 N–H and O–H groups in total. The van der Waals surface area contributed by atoms with Gasteiger partial charge in [-0.05, 0) is 19.1 Å². The molecule has 1 aromatic carbocycles. The second-order valence-corrected chi connectivity index (χ2v) is 4.75. The largest absolute Gasteiger partial charge is 0.431 e. The van der Waals surface area contributed by atoms with Gasteiger partial charge < -0.3 is 10.2 Å². The van der Waals surface area contributed by atoms with Crippen molar-refractivity contribution < 1.29 is 4.42 Å². The minimum absolute atomic E-state index is 0.249. The molecular weight excluding hydrogens is 266 g/mol. The minimum atomic E-state index is -0.249. The van der Waals surface area contributed by atoms with Gasteiger partial charge in [0.1, 0.15) is 5.52 Å². The Balaban J connectivity index is 2.01. The number of aromatic amines is 1. The number of para-hydroxylation sites is 1. The maximum atomic E-state index is 11.4. The van der Waals surface area contributed by atoms with Gasteiger partial charge in [-0.15, -0.1) is 5.10 Å². The maximum absolute atomic E-state index is 11.4. The van der Waals surface area contributed by atoms with Gasteiger partial charge in [-0.2, -0.15) is 0 Å². The van der Waals surface area contributed by atoms with E-state index >= 15 is 0 Å². The summed E-state index contributed by atoms with van der Waals surface area (Å²) in [6.07, 6.45) is 0. The summed E-state index contributed by atoms with van der Waals surface area (Å²) in [4.78, 5) is 15.7. The van der Waals surface area contributed by atoms with Crippen molar-refractivity contribution in [1.82, 2.24) is 19.7 Å². The molecule has 0 spiro atoms. The van der Waals surface area contributed by atoms with Gasteiger partial charge in [-0.25, -0.2) is 14.9 Å². The van der Waals surface area contributed by atoms with Crippen molar-refractivity contribution in [2.75, 3.05) is 5.73 Å². The van der Waals surface area contributed by atoms with E-state index in [1.807, 2.05) is 6.92 Å². The number of fused-ring (bicyclic) bond motifs is 1. The molecule has 0 aliphatic heterocycles. The third kappa shape index (κ3) is 1.99. The van der Waals surface area contributed by atoms with Gasteiger partial charge in [0.2, 0.25) is 5.16 Å². The quantitative estimate of drug-likeness (QED) is 0.703. The SMILES string of the molecule is CCn1c(Sc2nc3c(N)cccc3o2)n[nH]c1=O. The molecule has 7 nitrogen and oxygen atoms in total. The van der Waals surface area contributed by atoms with Crippen LogP contribution in [-0.4, -0.2) is 19.7 Å². The molecule has 98 valence electrons. The van der Waals surface area contributed by atoms with Crippen LogP contribution in [0.3, 0.4) is 0 Å². The highest BCUT2D eigenvalue weighted by atomic mass is 32.2. The van der Waals surface area contributed by atoms with Crippen LogP contribution in [0.5, 0.6) is 0 Å². The summed E-state index contributed by atoms with van der Waals surface area (Å²) in [7, 11) is 0. The lowest BCUT2D eigenvalue weighted by molar-refractivity contribution is 0.487. The molecule has 0 bridgehead atoms. The van der Waals surface area contributed by atoms with E-state index in [0.29, 0.717) is 33.7 Å². The average molecular weight is 277 g/mol. The summed E-state index contributed by atoms with van der Waals surface area (Å²) in [6.45, 7) is 2.39. The average Bonchev–Trinajstić information content (AvgIpc) is 2.94. The lowest BCUT2D eigenvalue weighted by atomic mass is 10.3.